The lowest BCUT2D eigenvalue weighted by Gasteiger charge is -2.27. The molecule has 0 bridgehead atoms. The Morgan fingerprint density at radius 3 is 2.61 bits per heavy atom. The summed E-state index contributed by atoms with van der Waals surface area (Å²) in [4.78, 5) is 30.6. The van der Waals surface area contributed by atoms with Crippen molar-refractivity contribution < 1.29 is 23.8 Å². The van der Waals surface area contributed by atoms with E-state index in [1.165, 1.54) is 0 Å². The maximum absolute atomic E-state index is 13.1. The molecule has 3 fully saturated rings. The van der Waals surface area contributed by atoms with Crippen molar-refractivity contribution >= 4 is 29.2 Å². The highest BCUT2D eigenvalue weighted by Gasteiger charge is 2.68. The number of epoxide rings is 2. The van der Waals surface area contributed by atoms with Crippen LogP contribution in [0.2, 0.25) is 0 Å². The van der Waals surface area contributed by atoms with E-state index < -0.39 is 11.5 Å². The van der Waals surface area contributed by atoms with Crippen molar-refractivity contribution in [2.24, 2.45) is 11.3 Å². The van der Waals surface area contributed by atoms with Gasteiger partial charge in [0, 0.05) is 36.5 Å². The zero-order chi connectivity index (χ0) is 26.1. The van der Waals surface area contributed by atoms with Crippen molar-refractivity contribution in [1.29, 1.82) is 0 Å². The third-order valence-corrected chi connectivity index (χ3v) is 9.33. The normalized spacial score (nSPS) is 36.2. The first-order valence-electron chi connectivity index (χ1n) is 13.6. The average Bonchev–Trinajstić information content (AvgIpc) is 3.67. The summed E-state index contributed by atoms with van der Waals surface area (Å²) in [6, 6.07) is 0. The fraction of sp³-hybridized carbons (Fsp3) is 0.759. The van der Waals surface area contributed by atoms with E-state index in [1.54, 1.807) is 11.3 Å². The molecule has 1 aromatic rings. The Hall–Kier alpha value is -1.57. The van der Waals surface area contributed by atoms with Crippen LogP contribution in [0.4, 0.5) is 0 Å². The van der Waals surface area contributed by atoms with E-state index in [1.807, 2.05) is 39.2 Å². The Labute approximate surface area is 220 Å². The molecule has 6 nitrogen and oxygen atoms in total. The summed E-state index contributed by atoms with van der Waals surface area (Å²) < 4.78 is 18.3. The van der Waals surface area contributed by atoms with Crippen LogP contribution in [0.15, 0.2) is 11.0 Å². The minimum Gasteiger partial charge on any atom is -0.458 e. The first kappa shape index (κ1) is 27.5. The Morgan fingerprint density at radius 1 is 1.19 bits per heavy atom. The molecular formula is C29H43NO5S. The molecule has 200 valence electrons. The van der Waals surface area contributed by atoms with Gasteiger partial charge in [-0.05, 0) is 57.6 Å². The molecule has 1 aromatic heterocycles. The van der Waals surface area contributed by atoms with Gasteiger partial charge in [0.05, 0.1) is 29.0 Å². The van der Waals surface area contributed by atoms with Crippen LogP contribution in [0.1, 0.15) is 103 Å². The largest absolute Gasteiger partial charge is 0.458 e. The Kier molecular flexibility index (Phi) is 8.13. The van der Waals surface area contributed by atoms with Gasteiger partial charge in [-0.15, -0.1) is 11.3 Å². The average molecular weight is 518 g/mol. The van der Waals surface area contributed by atoms with Crippen LogP contribution in [0.25, 0.3) is 6.08 Å². The number of hydrogen-bond acceptors (Lipinski definition) is 7. The van der Waals surface area contributed by atoms with Crippen LogP contribution in [-0.4, -0.2) is 46.8 Å². The number of cyclic esters (lactones) is 1. The molecule has 5 atom stereocenters. The number of rotatable bonds is 4. The Bertz CT molecular complexity index is 996. The summed E-state index contributed by atoms with van der Waals surface area (Å²) in [6.45, 7) is 13.1. The molecule has 36 heavy (non-hydrogen) atoms. The standard InChI is InChI=1S/C29H43NO5S/c1-19-8-7-12-28(6)29(35-28,15-23-17-33-23)16-24(20(2)14-22-18-36-21(3)30-22)34-26(32)11-13-27(4,5)25(31)10-9-19/h14,18-19,23-24H,7-13,15-17H2,1-6H3. The quantitative estimate of drug-likeness (QED) is 0.337. The second kappa shape index (κ2) is 10.7. The minimum absolute atomic E-state index is 0.227. The molecule has 3 saturated heterocycles. The van der Waals surface area contributed by atoms with Crippen molar-refractivity contribution in [3.05, 3.63) is 21.7 Å². The summed E-state index contributed by atoms with van der Waals surface area (Å²) >= 11 is 1.61. The molecule has 0 aliphatic carbocycles. The highest BCUT2D eigenvalue weighted by atomic mass is 32.1. The van der Waals surface area contributed by atoms with E-state index in [2.05, 4.69) is 18.8 Å². The van der Waals surface area contributed by atoms with Crippen LogP contribution in [0, 0.1) is 18.3 Å². The third-order valence-electron chi connectivity index (χ3n) is 8.54. The highest BCUT2D eigenvalue weighted by molar-refractivity contribution is 7.09. The number of aromatic nitrogens is 1. The van der Waals surface area contributed by atoms with E-state index in [0.717, 1.165) is 55.0 Å². The van der Waals surface area contributed by atoms with E-state index in [9.17, 15) is 9.59 Å². The topological polar surface area (TPSA) is 81.3 Å². The number of hydrogen-bond donors (Lipinski definition) is 0. The number of thiazole rings is 1. The van der Waals surface area contributed by atoms with Gasteiger partial charge >= 0.3 is 5.97 Å². The highest BCUT2D eigenvalue weighted by Crippen LogP contribution is 2.58. The minimum atomic E-state index is -0.531. The Balaban J connectivity index is 1.59. The molecule has 4 rings (SSSR count). The second-order valence-corrected chi connectivity index (χ2v) is 13.3. The summed E-state index contributed by atoms with van der Waals surface area (Å²) in [5.74, 6) is 0.469. The maximum Gasteiger partial charge on any atom is 0.306 e. The molecule has 0 spiro atoms. The molecule has 5 unspecified atom stereocenters. The summed E-state index contributed by atoms with van der Waals surface area (Å²) in [7, 11) is 0. The summed E-state index contributed by atoms with van der Waals surface area (Å²) in [6.07, 6.45) is 8.56. The first-order chi connectivity index (χ1) is 16.9. The van der Waals surface area contributed by atoms with Gasteiger partial charge in [0.2, 0.25) is 0 Å². The second-order valence-electron chi connectivity index (χ2n) is 12.2. The van der Waals surface area contributed by atoms with Gasteiger partial charge in [0.1, 0.15) is 17.5 Å². The van der Waals surface area contributed by atoms with Gasteiger partial charge in [0.15, 0.2) is 0 Å². The number of fused-ring (bicyclic) bond motifs is 1. The van der Waals surface area contributed by atoms with Crippen molar-refractivity contribution in [3.63, 3.8) is 0 Å². The predicted molar refractivity (Wildman–Crippen MR) is 142 cm³/mol. The number of Topliss-reactive ketones (excluding diaryl/α,β-unsaturated/α-hetero) is 1. The molecule has 0 amide bonds. The summed E-state index contributed by atoms with van der Waals surface area (Å²) in [5.41, 5.74) is 0.708. The third kappa shape index (κ3) is 6.65. The van der Waals surface area contributed by atoms with E-state index in [-0.39, 0.29) is 35.5 Å². The van der Waals surface area contributed by atoms with E-state index in [4.69, 9.17) is 14.2 Å². The zero-order valence-electron chi connectivity index (χ0n) is 22.9. The first-order valence-corrected chi connectivity index (χ1v) is 14.4. The van der Waals surface area contributed by atoms with Gasteiger partial charge in [-0.3, -0.25) is 9.59 Å². The molecule has 0 saturated carbocycles. The predicted octanol–water partition coefficient (Wildman–Crippen LogP) is 6.45. The molecule has 0 aromatic carbocycles. The fourth-order valence-electron chi connectivity index (χ4n) is 5.62. The monoisotopic (exact) mass is 517 g/mol. The Morgan fingerprint density at radius 2 is 1.94 bits per heavy atom. The van der Waals surface area contributed by atoms with Crippen LogP contribution in [0.3, 0.4) is 0 Å². The van der Waals surface area contributed by atoms with Gasteiger partial charge < -0.3 is 14.2 Å². The van der Waals surface area contributed by atoms with Gasteiger partial charge in [-0.25, -0.2) is 4.98 Å². The smallest absolute Gasteiger partial charge is 0.306 e. The number of ether oxygens (including phenoxy) is 3. The fourth-order valence-corrected chi connectivity index (χ4v) is 6.19. The zero-order valence-corrected chi connectivity index (χ0v) is 23.7. The maximum atomic E-state index is 13.1. The van der Waals surface area contributed by atoms with Crippen molar-refractivity contribution in [2.75, 3.05) is 6.61 Å². The number of carbonyl (C=O) groups excluding carboxylic acids is 2. The van der Waals surface area contributed by atoms with Crippen LogP contribution >= 0.6 is 11.3 Å². The molecule has 7 heteroatoms. The van der Waals surface area contributed by atoms with Crippen LogP contribution in [0.5, 0.6) is 0 Å². The van der Waals surface area contributed by atoms with Crippen molar-refractivity contribution in [2.45, 2.75) is 123 Å². The number of aryl methyl sites for hydroxylation is 1. The number of esters is 1. The summed E-state index contributed by atoms with van der Waals surface area (Å²) in [5, 5.41) is 3.03. The van der Waals surface area contributed by atoms with Crippen molar-refractivity contribution in [1.82, 2.24) is 4.98 Å². The molecule has 4 heterocycles. The lowest BCUT2D eigenvalue weighted by molar-refractivity contribution is -0.149. The van der Waals surface area contributed by atoms with Crippen molar-refractivity contribution in [3.8, 4) is 0 Å². The van der Waals surface area contributed by atoms with Gasteiger partial charge in [-0.1, -0.05) is 33.6 Å². The molecule has 3 aliphatic rings. The molecule has 0 N–H and O–H groups in total. The molecule has 0 radical (unpaired) electrons. The van der Waals surface area contributed by atoms with E-state index >= 15 is 0 Å². The van der Waals surface area contributed by atoms with Crippen LogP contribution < -0.4 is 0 Å². The van der Waals surface area contributed by atoms with E-state index in [0.29, 0.717) is 25.2 Å². The number of ketones is 1. The number of nitrogens with zero attached hydrogens (tertiary/aromatic N) is 1. The van der Waals surface area contributed by atoms with Gasteiger partial charge in [0.25, 0.3) is 0 Å². The lowest BCUT2D eigenvalue weighted by atomic mass is 9.79. The molecule has 3 aliphatic heterocycles. The van der Waals surface area contributed by atoms with Crippen LogP contribution in [-0.2, 0) is 23.8 Å². The lowest BCUT2D eigenvalue weighted by Crippen LogP contribution is -2.34. The molecular weight excluding hydrogens is 474 g/mol. The number of carbonyl (C=O) groups is 2. The SMILES string of the molecule is CC(=Cc1csc(C)n1)C1CC2(CC3CO3)OC2(C)CCCC(C)CCC(=O)C(C)(C)CCC(=O)O1. The van der Waals surface area contributed by atoms with Gasteiger partial charge in [-0.2, -0.15) is 0 Å².